The van der Waals surface area contributed by atoms with Gasteiger partial charge in [-0.05, 0) is 5.92 Å². The normalized spacial score (nSPS) is 14.6. The molecule has 0 saturated carbocycles. The molecule has 0 aromatic heterocycles. The molecule has 6 nitrogen and oxygen atoms in total. The van der Waals surface area contributed by atoms with Crippen LogP contribution in [0.3, 0.4) is 0 Å². The highest BCUT2D eigenvalue weighted by atomic mass is 16.4. The van der Waals surface area contributed by atoms with Gasteiger partial charge in [0.15, 0.2) is 6.10 Å². The van der Waals surface area contributed by atoms with Crippen molar-refractivity contribution >= 4 is 11.9 Å². The van der Waals surface area contributed by atoms with Crippen LogP contribution in [0, 0.1) is 11.8 Å². The molecule has 0 fully saturated rings. The molecule has 0 aromatic rings. The first-order valence-electron chi connectivity index (χ1n) is 5.28. The third kappa shape index (κ3) is 5.09. The molecule has 6 heteroatoms. The summed E-state index contributed by atoms with van der Waals surface area (Å²) in [6, 6.07) is 0. The number of aliphatic carboxylic acids is 1. The largest absolute Gasteiger partial charge is 0.479 e. The van der Waals surface area contributed by atoms with E-state index in [1.54, 1.807) is 0 Å². The third-order valence-corrected chi connectivity index (χ3v) is 2.40. The Bertz CT molecular complexity index is 243. The zero-order valence-corrected chi connectivity index (χ0v) is 9.64. The lowest BCUT2D eigenvalue weighted by Crippen LogP contribution is -2.39. The lowest BCUT2D eigenvalue weighted by atomic mass is 9.95. The average molecular weight is 232 g/mol. The van der Waals surface area contributed by atoms with Gasteiger partial charge in [0, 0.05) is 19.5 Å². The monoisotopic (exact) mass is 232 g/mol. The van der Waals surface area contributed by atoms with Crippen LogP contribution in [0.4, 0.5) is 0 Å². The maximum atomic E-state index is 11.5. The number of hydrogen-bond donors (Lipinski definition) is 4. The fraction of sp³-hybridized carbons (Fsp3) is 0.800. The topological polar surface area (TPSA) is 113 Å². The zero-order valence-electron chi connectivity index (χ0n) is 9.64. The lowest BCUT2D eigenvalue weighted by Gasteiger charge is -2.18. The van der Waals surface area contributed by atoms with Crippen molar-refractivity contribution in [2.24, 2.45) is 17.6 Å². The van der Waals surface area contributed by atoms with E-state index in [-0.39, 0.29) is 37.3 Å². The van der Waals surface area contributed by atoms with E-state index in [1.165, 1.54) is 0 Å². The Morgan fingerprint density at radius 2 is 1.94 bits per heavy atom. The summed E-state index contributed by atoms with van der Waals surface area (Å²) in [5.41, 5.74) is 5.45. The molecule has 0 rings (SSSR count). The molecule has 2 atom stereocenters. The van der Waals surface area contributed by atoms with E-state index in [0.717, 1.165) is 0 Å². The number of carbonyl (C=O) groups is 2. The van der Waals surface area contributed by atoms with E-state index in [0.29, 0.717) is 0 Å². The van der Waals surface area contributed by atoms with Crippen molar-refractivity contribution < 1.29 is 19.8 Å². The molecule has 0 heterocycles. The van der Waals surface area contributed by atoms with Crippen molar-refractivity contribution in [3.63, 3.8) is 0 Å². The van der Waals surface area contributed by atoms with Gasteiger partial charge in [0.2, 0.25) is 5.91 Å². The number of hydrogen-bond acceptors (Lipinski definition) is 4. The SMILES string of the molecule is CC(C)C(CN)C(=O)NCC[C@H](O)C(=O)O. The average Bonchev–Trinajstić information content (AvgIpc) is 2.17. The number of nitrogens with two attached hydrogens (primary N) is 1. The number of aliphatic hydroxyl groups is 1. The van der Waals surface area contributed by atoms with E-state index in [9.17, 15) is 9.59 Å². The van der Waals surface area contributed by atoms with E-state index in [1.807, 2.05) is 13.8 Å². The van der Waals surface area contributed by atoms with Gasteiger partial charge in [0.1, 0.15) is 0 Å². The van der Waals surface area contributed by atoms with Gasteiger partial charge in [0.25, 0.3) is 0 Å². The second kappa shape index (κ2) is 7.19. The summed E-state index contributed by atoms with van der Waals surface area (Å²) < 4.78 is 0. The summed E-state index contributed by atoms with van der Waals surface area (Å²) in [4.78, 5) is 21.8. The molecule has 0 bridgehead atoms. The minimum Gasteiger partial charge on any atom is -0.479 e. The number of rotatable bonds is 7. The molecule has 0 spiro atoms. The van der Waals surface area contributed by atoms with Crippen LogP contribution >= 0.6 is 0 Å². The van der Waals surface area contributed by atoms with Crippen molar-refractivity contribution in [1.29, 1.82) is 0 Å². The standard InChI is InChI=1S/C10H20N2O4/c1-6(2)7(5-11)9(14)12-4-3-8(13)10(15)16/h6-8,13H,3-5,11H2,1-2H3,(H,12,14)(H,15,16)/t7?,8-/m0/s1. The van der Waals surface area contributed by atoms with Crippen LogP contribution in [0.5, 0.6) is 0 Å². The van der Waals surface area contributed by atoms with Crippen molar-refractivity contribution in [2.45, 2.75) is 26.4 Å². The third-order valence-electron chi connectivity index (χ3n) is 2.40. The van der Waals surface area contributed by atoms with Crippen LogP contribution in [0.15, 0.2) is 0 Å². The highest BCUT2D eigenvalue weighted by Crippen LogP contribution is 2.08. The number of carbonyl (C=O) groups excluding carboxylic acids is 1. The summed E-state index contributed by atoms with van der Waals surface area (Å²) in [5.74, 6) is -1.63. The molecule has 94 valence electrons. The van der Waals surface area contributed by atoms with Crippen molar-refractivity contribution in [1.82, 2.24) is 5.32 Å². The molecule has 1 unspecified atom stereocenters. The van der Waals surface area contributed by atoms with Gasteiger partial charge in [0.05, 0.1) is 5.92 Å². The Balaban J connectivity index is 3.93. The Morgan fingerprint density at radius 1 is 1.38 bits per heavy atom. The van der Waals surface area contributed by atoms with E-state index in [2.05, 4.69) is 5.32 Å². The van der Waals surface area contributed by atoms with Crippen LogP contribution in [-0.4, -0.2) is 41.3 Å². The molecule has 0 radical (unpaired) electrons. The number of carboxylic acid groups (broad SMARTS) is 1. The molecule has 1 amide bonds. The molecule has 0 aliphatic carbocycles. The minimum atomic E-state index is -1.43. The Labute approximate surface area is 94.8 Å². The van der Waals surface area contributed by atoms with Crippen molar-refractivity contribution in [3.8, 4) is 0 Å². The fourth-order valence-corrected chi connectivity index (χ4v) is 1.27. The maximum Gasteiger partial charge on any atom is 0.332 e. The first kappa shape index (κ1) is 14.9. The first-order chi connectivity index (χ1) is 7.40. The second-order valence-corrected chi connectivity index (χ2v) is 4.02. The molecule has 16 heavy (non-hydrogen) atoms. The Morgan fingerprint density at radius 3 is 2.31 bits per heavy atom. The quantitative estimate of drug-likeness (QED) is 0.457. The van der Waals surface area contributed by atoms with Gasteiger partial charge < -0.3 is 21.3 Å². The van der Waals surface area contributed by atoms with Crippen LogP contribution in [-0.2, 0) is 9.59 Å². The van der Waals surface area contributed by atoms with Crippen LogP contribution < -0.4 is 11.1 Å². The van der Waals surface area contributed by atoms with Crippen molar-refractivity contribution in [2.75, 3.05) is 13.1 Å². The minimum absolute atomic E-state index is 0.00351. The predicted octanol–water partition coefficient (Wildman–Crippen LogP) is -0.831. The van der Waals surface area contributed by atoms with Gasteiger partial charge in [-0.25, -0.2) is 4.79 Å². The van der Waals surface area contributed by atoms with Crippen LogP contribution in [0.1, 0.15) is 20.3 Å². The smallest absolute Gasteiger partial charge is 0.332 e. The Hall–Kier alpha value is -1.14. The molecular weight excluding hydrogens is 212 g/mol. The lowest BCUT2D eigenvalue weighted by molar-refractivity contribution is -0.147. The van der Waals surface area contributed by atoms with E-state index in [4.69, 9.17) is 15.9 Å². The number of nitrogens with one attached hydrogen (secondary N) is 1. The molecule has 0 aliphatic rings. The number of amides is 1. The van der Waals surface area contributed by atoms with E-state index < -0.39 is 12.1 Å². The Kier molecular flexibility index (Phi) is 6.67. The molecule has 0 saturated heterocycles. The highest BCUT2D eigenvalue weighted by Gasteiger charge is 2.20. The van der Waals surface area contributed by atoms with Crippen LogP contribution in [0.2, 0.25) is 0 Å². The van der Waals surface area contributed by atoms with Gasteiger partial charge in [-0.2, -0.15) is 0 Å². The van der Waals surface area contributed by atoms with Gasteiger partial charge in [-0.3, -0.25) is 4.79 Å². The number of carboxylic acids is 1. The second-order valence-electron chi connectivity index (χ2n) is 4.02. The van der Waals surface area contributed by atoms with Crippen LogP contribution in [0.25, 0.3) is 0 Å². The maximum absolute atomic E-state index is 11.5. The summed E-state index contributed by atoms with van der Waals surface area (Å²) in [5, 5.41) is 19.9. The molecule has 5 N–H and O–H groups in total. The fourth-order valence-electron chi connectivity index (χ4n) is 1.27. The zero-order chi connectivity index (χ0) is 12.7. The summed E-state index contributed by atoms with van der Waals surface area (Å²) in [6.45, 7) is 4.17. The van der Waals surface area contributed by atoms with Gasteiger partial charge >= 0.3 is 5.97 Å². The number of aliphatic hydroxyl groups excluding tert-OH is 1. The predicted molar refractivity (Wildman–Crippen MR) is 58.7 cm³/mol. The van der Waals surface area contributed by atoms with Gasteiger partial charge in [-0.1, -0.05) is 13.8 Å². The molecule has 0 aliphatic heterocycles. The first-order valence-corrected chi connectivity index (χ1v) is 5.28. The molecular formula is C10H20N2O4. The van der Waals surface area contributed by atoms with E-state index >= 15 is 0 Å². The van der Waals surface area contributed by atoms with Gasteiger partial charge in [-0.15, -0.1) is 0 Å². The summed E-state index contributed by atoms with van der Waals surface area (Å²) in [6.07, 6.45) is -1.44. The highest BCUT2D eigenvalue weighted by molar-refractivity contribution is 5.79. The summed E-state index contributed by atoms with van der Waals surface area (Å²) >= 11 is 0. The summed E-state index contributed by atoms with van der Waals surface area (Å²) in [7, 11) is 0. The molecule has 0 aromatic carbocycles. The van der Waals surface area contributed by atoms with Crippen molar-refractivity contribution in [3.05, 3.63) is 0 Å².